The summed E-state index contributed by atoms with van der Waals surface area (Å²) in [5.41, 5.74) is 1.34. The lowest BCUT2D eigenvalue weighted by Gasteiger charge is -2.08. The van der Waals surface area contributed by atoms with Crippen LogP contribution in [0.3, 0.4) is 0 Å². The number of phenolic OH excluding ortho intramolecular Hbond substituents is 1. The molecule has 0 saturated carbocycles. The smallest absolute Gasteiger partial charge is 0.224 e. The molecule has 3 rings (SSSR count). The van der Waals surface area contributed by atoms with Gasteiger partial charge in [0.1, 0.15) is 5.75 Å². The van der Waals surface area contributed by atoms with E-state index in [1.165, 1.54) is 24.6 Å². The number of fused-ring (bicyclic) bond motifs is 1. The average molecular weight is 475 g/mol. The van der Waals surface area contributed by atoms with Gasteiger partial charge in [-0.25, -0.2) is 8.42 Å². The van der Waals surface area contributed by atoms with E-state index >= 15 is 0 Å². The van der Waals surface area contributed by atoms with Crippen LogP contribution in [0.5, 0.6) is 5.75 Å². The predicted molar refractivity (Wildman–Crippen MR) is 127 cm³/mol. The van der Waals surface area contributed by atoms with Crippen LogP contribution >= 0.6 is 11.5 Å². The number of nitrogens with zero attached hydrogens (tertiary/aromatic N) is 3. The van der Waals surface area contributed by atoms with Crippen molar-refractivity contribution in [3.63, 3.8) is 0 Å². The minimum atomic E-state index is -3.35. The minimum absolute atomic E-state index is 0.0516. The zero-order valence-corrected chi connectivity index (χ0v) is 19.7. The molecule has 1 amide bonds. The second-order valence-corrected chi connectivity index (χ2v) is 10.3. The molecule has 0 spiro atoms. The van der Waals surface area contributed by atoms with E-state index in [2.05, 4.69) is 26.8 Å². The van der Waals surface area contributed by atoms with Crippen molar-refractivity contribution >= 4 is 54.6 Å². The van der Waals surface area contributed by atoms with Crippen LogP contribution in [0.15, 0.2) is 51.5 Å². The van der Waals surface area contributed by atoms with E-state index in [0.29, 0.717) is 28.0 Å². The first kappa shape index (κ1) is 23.8. The van der Waals surface area contributed by atoms with Gasteiger partial charge in [-0.15, -0.1) is 10.2 Å². The normalized spacial score (nSPS) is 11.9. The largest absolute Gasteiger partial charge is 0.506 e. The van der Waals surface area contributed by atoms with E-state index < -0.39 is 9.84 Å². The molecule has 1 heterocycles. The average Bonchev–Trinajstić information content (AvgIpc) is 3.16. The van der Waals surface area contributed by atoms with Gasteiger partial charge >= 0.3 is 0 Å². The van der Waals surface area contributed by atoms with Crippen LogP contribution in [0, 0.1) is 0 Å². The monoisotopic (exact) mass is 474 g/mol. The molecule has 0 aliphatic heterocycles. The Hall–Kier alpha value is -2.85. The van der Waals surface area contributed by atoms with Crippen LogP contribution < -0.4 is 5.32 Å². The third kappa shape index (κ3) is 6.33. The minimum Gasteiger partial charge on any atom is -0.506 e. The lowest BCUT2D eigenvalue weighted by Crippen LogP contribution is -2.11. The van der Waals surface area contributed by atoms with Gasteiger partial charge in [-0.2, -0.15) is 4.37 Å². The molecule has 0 unspecified atom stereocenters. The molecule has 32 heavy (non-hydrogen) atoms. The molecule has 0 fully saturated rings. The molecule has 0 saturated heterocycles. The summed E-state index contributed by atoms with van der Waals surface area (Å²) in [5, 5.41) is 22.2. The van der Waals surface area contributed by atoms with Crippen molar-refractivity contribution in [3.8, 4) is 5.75 Å². The second-order valence-electron chi connectivity index (χ2n) is 7.55. The summed E-state index contributed by atoms with van der Waals surface area (Å²) in [7, 11) is -3.35. The molecular weight excluding hydrogens is 448 g/mol. The summed E-state index contributed by atoms with van der Waals surface area (Å²) in [6.45, 7) is 2.14. The van der Waals surface area contributed by atoms with E-state index in [9.17, 15) is 18.3 Å². The molecule has 0 aliphatic rings. The maximum absolute atomic E-state index is 12.2. The van der Waals surface area contributed by atoms with E-state index in [1.54, 1.807) is 18.2 Å². The number of sulfone groups is 1. The van der Waals surface area contributed by atoms with Crippen LogP contribution in [0.1, 0.15) is 45.4 Å². The first-order valence-corrected chi connectivity index (χ1v) is 13.1. The Balaban J connectivity index is 1.72. The fourth-order valence-electron chi connectivity index (χ4n) is 3.10. The Kier molecular flexibility index (Phi) is 7.92. The Morgan fingerprint density at radius 2 is 1.88 bits per heavy atom. The van der Waals surface area contributed by atoms with Crippen molar-refractivity contribution in [1.29, 1.82) is 0 Å². The SMILES string of the molecule is CCCCCCCC(=O)Nc1cc(N=Nc2snc3ccc(S(C)(=O)=O)cc23)ccc1O. The highest BCUT2D eigenvalue weighted by atomic mass is 32.2. The molecule has 8 nitrogen and oxygen atoms in total. The van der Waals surface area contributed by atoms with Crippen molar-refractivity contribution in [2.75, 3.05) is 11.6 Å². The molecule has 0 aliphatic carbocycles. The number of unbranched alkanes of at least 4 members (excludes halogenated alkanes) is 4. The topological polar surface area (TPSA) is 121 Å². The Morgan fingerprint density at radius 3 is 2.62 bits per heavy atom. The first-order chi connectivity index (χ1) is 15.3. The number of aromatic nitrogens is 1. The number of rotatable bonds is 10. The molecule has 2 N–H and O–H groups in total. The van der Waals surface area contributed by atoms with Gasteiger partial charge in [0, 0.05) is 18.1 Å². The quantitative estimate of drug-likeness (QED) is 0.208. The molecule has 0 atom stereocenters. The summed E-state index contributed by atoms with van der Waals surface area (Å²) < 4.78 is 27.9. The lowest BCUT2D eigenvalue weighted by atomic mass is 10.1. The fraction of sp³-hybridized carbons (Fsp3) is 0.364. The highest BCUT2D eigenvalue weighted by molar-refractivity contribution is 7.90. The second kappa shape index (κ2) is 10.6. The number of carbonyl (C=O) groups is 1. The molecule has 0 radical (unpaired) electrons. The van der Waals surface area contributed by atoms with Crippen LogP contribution in [0.25, 0.3) is 10.9 Å². The zero-order valence-electron chi connectivity index (χ0n) is 18.0. The molecule has 3 aromatic rings. The van der Waals surface area contributed by atoms with E-state index in [4.69, 9.17) is 0 Å². The molecular formula is C22H26N4O4S2. The zero-order chi connectivity index (χ0) is 23.1. The highest BCUT2D eigenvalue weighted by Crippen LogP contribution is 2.34. The van der Waals surface area contributed by atoms with E-state index in [0.717, 1.165) is 43.5 Å². The van der Waals surface area contributed by atoms with E-state index in [-0.39, 0.29) is 22.2 Å². The lowest BCUT2D eigenvalue weighted by molar-refractivity contribution is -0.116. The van der Waals surface area contributed by atoms with Crippen LogP contribution in [0.2, 0.25) is 0 Å². The standard InChI is InChI=1S/C22H26N4O4S2/c1-3-4-5-6-7-8-21(28)23-19-13-15(9-12-20(19)27)24-25-22-17-14-16(32(2,29)30)10-11-18(17)26-31-22/h9-14,27H,3-8H2,1-2H3,(H,23,28). The van der Waals surface area contributed by atoms with Crippen molar-refractivity contribution in [1.82, 2.24) is 4.37 Å². The van der Waals surface area contributed by atoms with Crippen LogP contribution in [-0.4, -0.2) is 30.1 Å². The fourth-order valence-corrected chi connectivity index (χ4v) is 4.43. The summed E-state index contributed by atoms with van der Waals surface area (Å²) in [4.78, 5) is 12.4. The number of nitrogens with one attached hydrogen (secondary N) is 1. The van der Waals surface area contributed by atoms with Gasteiger partial charge in [0.05, 0.1) is 21.8 Å². The van der Waals surface area contributed by atoms with Gasteiger partial charge in [0.25, 0.3) is 0 Å². The number of aromatic hydroxyl groups is 1. The van der Waals surface area contributed by atoms with Crippen LogP contribution in [0.4, 0.5) is 16.4 Å². The number of anilines is 1. The summed E-state index contributed by atoms with van der Waals surface area (Å²) in [6, 6.07) is 9.24. The van der Waals surface area contributed by atoms with Crippen molar-refractivity contribution in [3.05, 3.63) is 36.4 Å². The van der Waals surface area contributed by atoms with Gasteiger partial charge in [0.15, 0.2) is 14.8 Å². The van der Waals surface area contributed by atoms with E-state index in [1.807, 2.05) is 0 Å². The first-order valence-electron chi connectivity index (χ1n) is 10.4. The number of hydrogen-bond acceptors (Lipinski definition) is 8. The molecule has 10 heteroatoms. The number of hydrogen-bond donors (Lipinski definition) is 2. The third-order valence-electron chi connectivity index (χ3n) is 4.87. The molecule has 2 aromatic carbocycles. The van der Waals surface area contributed by atoms with Crippen molar-refractivity contribution < 1.29 is 18.3 Å². The van der Waals surface area contributed by atoms with Gasteiger partial charge in [0.2, 0.25) is 5.91 Å². The predicted octanol–water partition coefficient (Wildman–Crippen LogP) is 6.12. The number of phenols is 1. The molecule has 1 aromatic heterocycles. The molecule has 0 bridgehead atoms. The van der Waals surface area contributed by atoms with Gasteiger partial charge < -0.3 is 10.4 Å². The number of carbonyl (C=O) groups excluding carboxylic acids is 1. The number of azo groups is 1. The highest BCUT2D eigenvalue weighted by Gasteiger charge is 2.12. The number of benzene rings is 2. The Morgan fingerprint density at radius 1 is 1.09 bits per heavy atom. The van der Waals surface area contributed by atoms with Crippen molar-refractivity contribution in [2.45, 2.75) is 50.3 Å². The summed E-state index contributed by atoms with van der Waals surface area (Å²) >= 11 is 1.11. The van der Waals surface area contributed by atoms with Gasteiger partial charge in [-0.05, 0) is 54.4 Å². The summed E-state index contributed by atoms with van der Waals surface area (Å²) in [5.74, 6) is -0.211. The molecule has 170 valence electrons. The number of amides is 1. The Bertz CT molecular complexity index is 1240. The Labute approximate surface area is 191 Å². The van der Waals surface area contributed by atoms with Crippen molar-refractivity contribution in [2.24, 2.45) is 10.2 Å². The van der Waals surface area contributed by atoms with Gasteiger partial charge in [-0.1, -0.05) is 32.6 Å². The maximum Gasteiger partial charge on any atom is 0.224 e. The third-order valence-corrected chi connectivity index (χ3v) is 6.75. The summed E-state index contributed by atoms with van der Waals surface area (Å²) in [6.07, 6.45) is 6.78. The maximum atomic E-state index is 12.2. The van der Waals surface area contributed by atoms with Crippen LogP contribution in [-0.2, 0) is 14.6 Å². The van der Waals surface area contributed by atoms with Gasteiger partial charge in [-0.3, -0.25) is 4.79 Å².